The van der Waals surface area contributed by atoms with Crippen LogP contribution in [-0.4, -0.2) is 34.1 Å². The van der Waals surface area contributed by atoms with E-state index in [-0.39, 0.29) is 5.75 Å². The molecule has 0 heterocycles. The molecule has 0 radical (unpaired) electrons. The molecular formula is C11H8F2IO7S-. The minimum Gasteiger partial charge on any atom is -0.743 e. The predicted molar refractivity (Wildman–Crippen MR) is 75.8 cm³/mol. The zero-order valence-corrected chi connectivity index (χ0v) is 13.8. The van der Waals surface area contributed by atoms with Gasteiger partial charge in [-0.15, -0.1) is 0 Å². The third kappa shape index (κ3) is 4.58. The minimum absolute atomic E-state index is 0.0662. The largest absolute Gasteiger partial charge is 0.743 e. The maximum Gasteiger partial charge on any atom is 0.429 e. The highest BCUT2D eigenvalue weighted by Crippen LogP contribution is 2.25. The lowest BCUT2D eigenvalue weighted by Crippen LogP contribution is -2.40. The lowest BCUT2D eigenvalue weighted by molar-refractivity contribution is -0.151. The van der Waals surface area contributed by atoms with Crippen LogP contribution in [0.25, 0.3) is 0 Å². The molecule has 22 heavy (non-hydrogen) atoms. The van der Waals surface area contributed by atoms with Gasteiger partial charge in [0.1, 0.15) is 15.4 Å². The molecule has 11 heteroatoms. The maximum absolute atomic E-state index is 12.9. The zero-order valence-electron chi connectivity index (χ0n) is 10.8. The van der Waals surface area contributed by atoms with E-state index in [1.807, 2.05) is 22.6 Å². The molecule has 0 spiro atoms. The lowest BCUT2D eigenvalue weighted by atomic mass is 10.3. The molecule has 1 aromatic carbocycles. The van der Waals surface area contributed by atoms with E-state index in [9.17, 15) is 31.3 Å². The van der Waals surface area contributed by atoms with Crippen LogP contribution in [0.4, 0.5) is 8.78 Å². The first-order valence-electron chi connectivity index (χ1n) is 5.46. The Kier molecular flexibility index (Phi) is 5.81. The molecular weight excluding hydrogens is 441 g/mol. The number of esters is 2. The summed E-state index contributed by atoms with van der Waals surface area (Å²) in [4.78, 5) is 22.3. The monoisotopic (exact) mass is 449 g/mol. The Balaban J connectivity index is 2.81. The number of benzene rings is 1. The summed E-state index contributed by atoms with van der Waals surface area (Å²) in [5.41, 5.74) is 0. The first-order valence-corrected chi connectivity index (χ1v) is 8.12. The Morgan fingerprint density at radius 2 is 1.59 bits per heavy atom. The van der Waals surface area contributed by atoms with Crippen LogP contribution in [0.3, 0.4) is 0 Å². The van der Waals surface area contributed by atoms with Crippen molar-refractivity contribution in [1.29, 1.82) is 0 Å². The molecule has 0 saturated carbocycles. The highest BCUT2D eigenvalue weighted by molar-refractivity contribution is 14.1. The van der Waals surface area contributed by atoms with E-state index in [1.165, 1.54) is 0 Å². The van der Waals surface area contributed by atoms with Crippen molar-refractivity contribution in [2.75, 3.05) is 0 Å². The molecule has 122 valence electrons. The van der Waals surface area contributed by atoms with Crippen LogP contribution < -0.4 is 9.47 Å². The lowest BCUT2D eigenvalue weighted by Gasteiger charge is -2.17. The molecule has 1 rings (SSSR count). The Morgan fingerprint density at radius 3 is 1.95 bits per heavy atom. The fourth-order valence-corrected chi connectivity index (χ4v) is 1.41. The van der Waals surface area contributed by atoms with Crippen molar-refractivity contribution >= 4 is 44.6 Å². The van der Waals surface area contributed by atoms with Gasteiger partial charge in [0.15, 0.2) is 10.1 Å². The second-order valence-electron chi connectivity index (χ2n) is 3.87. The van der Waals surface area contributed by atoms with E-state index in [1.54, 1.807) is 6.92 Å². The molecule has 7 nitrogen and oxygen atoms in total. The summed E-state index contributed by atoms with van der Waals surface area (Å²) in [5.74, 6) is -3.45. The summed E-state index contributed by atoms with van der Waals surface area (Å²) in [6.07, 6.45) is 0. The van der Waals surface area contributed by atoms with E-state index in [4.69, 9.17) is 4.74 Å². The van der Waals surface area contributed by atoms with Crippen molar-refractivity contribution in [2.45, 2.75) is 16.1 Å². The summed E-state index contributed by atoms with van der Waals surface area (Å²) in [5, 5.41) is -5.20. The number of ether oxygens (including phenoxy) is 2. The van der Waals surface area contributed by atoms with Crippen molar-refractivity contribution in [3.63, 3.8) is 0 Å². The van der Waals surface area contributed by atoms with Gasteiger partial charge < -0.3 is 14.0 Å². The third-order valence-electron chi connectivity index (χ3n) is 2.13. The molecule has 0 aliphatic heterocycles. The van der Waals surface area contributed by atoms with Gasteiger partial charge in [-0.25, -0.2) is 13.2 Å². The SMILES string of the molecule is CC(I)C(=O)Oc1ccc(OC(=O)C(F)(F)S(=O)(=O)[O-])cc1. The van der Waals surface area contributed by atoms with E-state index >= 15 is 0 Å². The number of carbonyl (C=O) groups excluding carboxylic acids is 2. The molecule has 0 aliphatic carbocycles. The first kappa shape index (κ1) is 18.7. The van der Waals surface area contributed by atoms with Crippen molar-refractivity contribution in [3.05, 3.63) is 24.3 Å². The molecule has 0 bridgehead atoms. The maximum atomic E-state index is 12.9. The molecule has 0 aliphatic rings. The van der Waals surface area contributed by atoms with Crippen LogP contribution >= 0.6 is 22.6 Å². The summed E-state index contributed by atoms with van der Waals surface area (Å²) < 4.78 is 65.1. The van der Waals surface area contributed by atoms with Crippen LogP contribution in [-0.2, 0) is 19.7 Å². The van der Waals surface area contributed by atoms with E-state index in [2.05, 4.69) is 4.74 Å². The molecule has 1 atom stereocenters. The zero-order chi connectivity index (χ0) is 17.1. The Labute approximate surface area is 137 Å². The van der Waals surface area contributed by atoms with Gasteiger partial charge in [-0.2, -0.15) is 8.78 Å². The normalized spacial score (nSPS) is 13.3. The Hall–Kier alpha value is -1.34. The molecule has 0 saturated heterocycles. The standard InChI is InChI=1S/C11H9F2IO7S/c1-6(14)9(15)20-7-2-4-8(5-3-7)21-10(16)11(12,13)22(17,18)19/h2-6H,1H3,(H,17,18,19)/p-1. The van der Waals surface area contributed by atoms with Crippen molar-refractivity contribution < 1.29 is 40.8 Å². The molecule has 1 unspecified atom stereocenters. The molecule has 1 aromatic rings. The number of hydrogen-bond donors (Lipinski definition) is 0. The van der Waals surface area contributed by atoms with Gasteiger partial charge in [0.25, 0.3) is 0 Å². The van der Waals surface area contributed by atoms with Crippen LogP contribution in [0.2, 0.25) is 0 Å². The van der Waals surface area contributed by atoms with Crippen LogP contribution in [0.5, 0.6) is 11.5 Å². The molecule has 0 amide bonds. The van der Waals surface area contributed by atoms with Gasteiger partial charge in [0.2, 0.25) is 0 Å². The highest BCUT2D eigenvalue weighted by atomic mass is 127. The van der Waals surface area contributed by atoms with Gasteiger partial charge in [0, 0.05) is 0 Å². The molecule has 0 fully saturated rings. The van der Waals surface area contributed by atoms with Gasteiger partial charge in [-0.05, 0) is 31.2 Å². The molecule has 0 aromatic heterocycles. The number of alkyl halides is 3. The molecule has 0 N–H and O–H groups in total. The second-order valence-corrected chi connectivity index (χ2v) is 7.16. The predicted octanol–water partition coefficient (Wildman–Crippen LogP) is 1.46. The Morgan fingerprint density at radius 1 is 1.18 bits per heavy atom. The highest BCUT2D eigenvalue weighted by Gasteiger charge is 2.48. The average molecular weight is 449 g/mol. The summed E-state index contributed by atoms with van der Waals surface area (Å²) in [6, 6.07) is 4.27. The van der Waals surface area contributed by atoms with Crippen LogP contribution in [0.15, 0.2) is 24.3 Å². The number of carbonyl (C=O) groups is 2. The quantitative estimate of drug-likeness (QED) is 0.220. The van der Waals surface area contributed by atoms with Crippen molar-refractivity contribution in [3.8, 4) is 11.5 Å². The van der Waals surface area contributed by atoms with Gasteiger partial charge >= 0.3 is 17.2 Å². The number of rotatable bonds is 5. The average Bonchev–Trinajstić information content (AvgIpc) is 2.39. The van der Waals surface area contributed by atoms with E-state index in [0.717, 1.165) is 24.3 Å². The Bertz CT molecular complexity index is 670. The van der Waals surface area contributed by atoms with E-state index in [0.29, 0.717) is 0 Å². The van der Waals surface area contributed by atoms with Gasteiger partial charge in [-0.3, -0.25) is 4.79 Å². The summed E-state index contributed by atoms with van der Waals surface area (Å²) >= 11 is 1.82. The fourth-order valence-electron chi connectivity index (χ4n) is 1.04. The first-order chi connectivity index (χ1) is 9.95. The third-order valence-corrected chi connectivity index (χ3v) is 3.43. The van der Waals surface area contributed by atoms with E-state index < -0.39 is 37.0 Å². The van der Waals surface area contributed by atoms with Crippen LogP contribution in [0, 0.1) is 0 Å². The van der Waals surface area contributed by atoms with Crippen molar-refractivity contribution in [2.24, 2.45) is 0 Å². The fraction of sp³-hybridized carbons (Fsp3) is 0.273. The summed E-state index contributed by atoms with van der Waals surface area (Å²) in [7, 11) is -6.18. The van der Waals surface area contributed by atoms with Gasteiger partial charge in [0.05, 0.1) is 0 Å². The van der Waals surface area contributed by atoms with Crippen molar-refractivity contribution in [1.82, 2.24) is 0 Å². The van der Waals surface area contributed by atoms with Crippen LogP contribution in [0.1, 0.15) is 6.92 Å². The topological polar surface area (TPSA) is 110 Å². The second kappa shape index (κ2) is 6.83. The minimum atomic E-state index is -6.18. The van der Waals surface area contributed by atoms with Gasteiger partial charge in [-0.1, -0.05) is 22.6 Å². The number of halogens is 3. The number of hydrogen-bond acceptors (Lipinski definition) is 7. The summed E-state index contributed by atoms with van der Waals surface area (Å²) in [6.45, 7) is 1.59. The smallest absolute Gasteiger partial charge is 0.429 e.